The molecule has 0 saturated carbocycles. The molecule has 0 aliphatic carbocycles. The minimum Gasteiger partial charge on any atom is -0.481 e. The second-order valence-electron chi connectivity index (χ2n) is 4.72. The van der Waals surface area contributed by atoms with Crippen LogP contribution in [0.15, 0.2) is 54.6 Å². The first-order valence-corrected chi connectivity index (χ1v) is 6.66. The highest BCUT2D eigenvalue weighted by atomic mass is 16.6. The Hall–Kier alpha value is -3.15. The minimum absolute atomic E-state index is 0.147. The molecule has 2 aromatic carbocycles. The minimum atomic E-state index is -0.560. The van der Waals surface area contributed by atoms with Gasteiger partial charge in [0.05, 0.1) is 10.4 Å². The number of nitrogen functional groups attached to an aromatic ring is 1. The molecule has 0 fully saturated rings. The number of hydrogen-bond acceptors (Lipinski definition) is 5. The van der Waals surface area contributed by atoms with Gasteiger partial charge in [0, 0.05) is 5.39 Å². The van der Waals surface area contributed by atoms with E-state index in [2.05, 4.69) is 4.98 Å². The van der Waals surface area contributed by atoms with Gasteiger partial charge in [-0.3, -0.25) is 10.1 Å². The number of anilines is 1. The summed E-state index contributed by atoms with van der Waals surface area (Å²) in [6.45, 7) is 0.217. The Bertz CT molecular complexity index is 835. The molecule has 0 aliphatic rings. The summed E-state index contributed by atoms with van der Waals surface area (Å²) >= 11 is 0. The lowest BCUT2D eigenvalue weighted by atomic mass is 10.1. The van der Waals surface area contributed by atoms with Gasteiger partial charge in [-0.2, -0.15) is 0 Å². The average molecular weight is 295 g/mol. The predicted octanol–water partition coefficient (Wildman–Crippen LogP) is 3.30. The van der Waals surface area contributed by atoms with Gasteiger partial charge in [0.25, 0.3) is 0 Å². The first-order valence-electron chi connectivity index (χ1n) is 6.66. The summed E-state index contributed by atoms with van der Waals surface area (Å²) < 4.78 is 5.72. The Morgan fingerprint density at radius 3 is 2.50 bits per heavy atom. The van der Waals surface area contributed by atoms with E-state index in [4.69, 9.17) is 10.5 Å². The molecule has 110 valence electrons. The van der Waals surface area contributed by atoms with Crippen molar-refractivity contribution in [3.05, 3.63) is 70.3 Å². The molecule has 0 saturated heterocycles. The number of aromatic nitrogens is 1. The third-order valence-electron chi connectivity index (χ3n) is 3.26. The van der Waals surface area contributed by atoms with Crippen molar-refractivity contribution < 1.29 is 9.66 Å². The van der Waals surface area contributed by atoms with Crippen LogP contribution in [-0.4, -0.2) is 9.91 Å². The standard InChI is InChI=1S/C16H13N3O3/c17-16-14(19(20)21)15(12-8-4-5-9-13(12)18-16)22-10-11-6-2-1-3-7-11/h1-9H,10H2,(H2,17,18). The maximum absolute atomic E-state index is 11.3. The van der Waals surface area contributed by atoms with Crippen LogP contribution >= 0.6 is 0 Å². The Labute approximate surface area is 126 Å². The van der Waals surface area contributed by atoms with Gasteiger partial charge in [-0.1, -0.05) is 42.5 Å². The number of fused-ring (bicyclic) bond motifs is 1. The monoisotopic (exact) mass is 295 g/mol. The highest BCUT2D eigenvalue weighted by molar-refractivity contribution is 5.92. The molecule has 0 aliphatic heterocycles. The predicted molar refractivity (Wildman–Crippen MR) is 83.6 cm³/mol. The van der Waals surface area contributed by atoms with Gasteiger partial charge in [-0.15, -0.1) is 0 Å². The molecule has 0 unspecified atom stereocenters. The molecular weight excluding hydrogens is 282 g/mol. The molecule has 22 heavy (non-hydrogen) atoms. The largest absolute Gasteiger partial charge is 0.481 e. The number of ether oxygens (including phenoxy) is 1. The van der Waals surface area contributed by atoms with Crippen LogP contribution < -0.4 is 10.5 Å². The van der Waals surface area contributed by atoms with E-state index in [1.54, 1.807) is 24.3 Å². The lowest BCUT2D eigenvalue weighted by Crippen LogP contribution is -2.04. The summed E-state index contributed by atoms with van der Waals surface area (Å²) in [4.78, 5) is 14.8. The van der Waals surface area contributed by atoms with Crippen LogP contribution in [0.4, 0.5) is 11.5 Å². The fourth-order valence-electron chi connectivity index (χ4n) is 2.24. The number of hydrogen-bond donors (Lipinski definition) is 1. The number of para-hydroxylation sites is 1. The lowest BCUT2D eigenvalue weighted by molar-refractivity contribution is -0.385. The summed E-state index contributed by atoms with van der Waals surface area (Å²) in [5.74, 6) is 0.00344. The molecule has 0 radical (unpaired) electrons. The van der Waals surface area contributed by atoms with Gasteiger partial charge < -0.3 is 10.5 Å². The molecule has 1 aromatic heterocycles. The Morgan fingerprint density at radius 2 is 1.77 bits per heavy atom. The van der Waals surface area contributed by atoms with Crippen LogP contribution in [0.5, 0.6) is 5.75 Å². The summed E-state index contributed by atoms with van der Waals surface area (Å²) in [7, 11) is 0. The molecule has 2 N–H and O–H groups in total. The zero-order valence-electron chi connectivity index (χ0n) is 11.6. The molecular formula is C16H13N3O3. The number of nitrogens with two attached hydrogens (primary N) is 1. The smallest absolute Gasteiger partial charge is 0.353 e. The van der Waals surface area contributed by atoms with E-state index in [1.807, 2.05) is 30.3 Å². The van der Waals surface area contributed by atoms with Crippen molar-refractivity contribution >= 4 is 22.4 Å². The molecule has 0 amide bonds. The van der Waals surface area contributed by atoms with E-state index >= 15 is 0 Å². The van der Waals surface area contributed by atoms with Crippen LogP contribution in [0.3, 0.4) is 0 Å². The van der Waals surface area contributed by atoms with E-state index < -0.39 is 4.92 Å². The fraction of sp³-hybridized carbons (Fsp3) is 0.0625. The van der Waals surface area contributed by atoms with Crippen LogP contribution in [0, 0.1) is 10.1 Å². The zero-order chi connectivity index (χ0) is 15.5. The SMILES string of the molecule is Nc1nc2ccccc2c(OCc2ccccc2)c1[N+](=O)[O-]. The van der Waals surface area contributed by atoms with Crippen molar-refractivity contribution in [2.24, 2.45) is 0 Å². The highest BCUT2D eigenvalue weighted by Crippen LogP contribution is 2.38. The molecule has 3 aromatic rings. The first-order chi connectivity index (χ1) is 10.7. The molecule has 1 heterocycles. The quantitative estimate of drug-likeness (QED) is 0.589. The van der Waals surface area contributed by atoms with Crippen molar-refractivity contribution in [3.63, 3.8) is 0 Å². The Balaban J connectivity index is 2.09. The average Bonchev–Trinajstić information content (AvgIpc) is 2.52. The molecule has 3 rings (SSSR count). The number of nitro groups is 1. The number of rotatable bonds is 4. The molecule has 0 spiro atoms. The maximum Gasteiger partial charge on any atom is 0.353 e. The van der Waals surface area contributed by atoms with Crippen molar-refractivity contribution in [1.82, 2.24) is 4.98 Å². The Morgan fingerprint density at radius 1 is 1.09 bits per heavy atom. The molecule has 6 heteroatoms. The Kier molecular flexibility index (Phi) is 3.57. The molecule has 6 nitrogen and oxygen atoms in total. The van der Waals surface area contributed by atoms with Gasteiger partial charge in [0.1, 0.15) is 6.61 Å². The lowest BCUT2D eigenvalue weighted by Gasteiger charge is -2.11. The summed E-state index contributed by atoms with van der Waals surface area (Å²) in [6.07, 6.45) is 0. The van der Waals surface area contributed by atoms with Gasteiger partial charge >= 0.3 is 5.69 Å². The first kappa shape index (κ1) is 13.8. The van der Waals surface area contributed by atoms with Crippen molar-refractivity contribution in [2.45, 2.75) is 6.61 Å². The van der Waals surface area contributed by atoms with E-state index in [9.17, 15) is 10.1 Å². The highest BCUT2D eigenvalue weighted by Gasteiger charge is 2.24. The van der Waals surface area contributed by atoms with Crippen molar-refractivity contribution in [1.29, 1.82) is 0 Å². The second kappa shape index (κ2) is 5.69. The van der Waals surface area contributed by atoms with Gasteiger partial charge in [0.2, 0.25) is 11.6 Å². The van der Waals surface area contributed by atoms with Gasteiger partial charge in [-0.05, 0) is 17.7 Å². The van der Waals surface area contributed by atoms with Crippen LogP contribution in [-0.2, 0) is 6.61 Å². The van der Waals surface area contributed by atoms with Crippen LogP contribution in [0.1, 0.15) is 5.56 Å². The van der Waals surface area contributed by atoms with E-state index in [-0.39, 0.29) is 23.9 Å². The molecule has 0 bridgehead atoms. The van der Waals surface area contributed by atoms with Crippen molar-refractivity contribution in [3.8, 4) is 5.75 Å². The van der Waals surface area contributed by atoms with E-state index in [0.717, 1.165) is 5.56 Å². The number of pyridine rings is 1. The third kappa shape index (κ3) is 2.54. The van der Waals surface area contributed by atoms with Gasteiger partial charge in [-0.25, -0.2) is 4.98 Å². The van der Waals surface area contributed by atoms with Crippen LogP contribution in [0.2, 0.25) is 0 Å². The van der Waals surface area contributed by atoms with E-state index in [1.165, 1.54) is 0 Å². The maximum atomic E-state index is 11.3. The molecule has 0 atom stereocenters. The van der Waals surface area contributed by atoms with Crippen LogP contribution in [0.25, 0.3) is 10.9 Å². The zero-order valence-corrected chi connectivity index (χ0v) is 11.6. The normalized spacial score (nSPS) is 10.5. The summed E-state index contributed by atoms with van der Waals surface area (Å²) in [5, 5.41) is 11.9. The summed E-state index contributed by atoms with van der Waals surface area (Å²) in [6, 6.07) is 16.5. The number of benzene rings is 2. The third-order valence-corrected chi connectivity index (χ3v) is 3.26. The fourth-order valence-corrected chi connectivity index (χ4v) is 2.24. The number of nitrogens with zero attached hydrogens (tertiary/aromatic N) is 2. The second-order valence-corrected chi connectivity index (χ2v) is 4.72. The topological polar surface area (TPSA) is 91.3 Å². The summed E-state index contributed by atoms with van der Waals surface area (Å²) in [5.41, 5.74) is 6.90. The van der Waals surface area contributed by atoms with E-state index in [0.29, 0.717) is 10.9 Å². The van der Waals surface area contributed by atoms with Gasteiger partial charge in [0.15, 0.2) is 0 Å². The van der Waals surface area contributed by atoms with Crippen molar-refractivity contribution in [2.75, 3.05) is 5.73 Å².